The van der Waals surface area contributed by atoms with Gasteiger partial charge in [0.15, 0.2) is 5.82 Å². The van der Waals surface area contributed by atoms with E-state index in [0.29, 0.717) is 12.6 Å². The van der Waals surface area contributed by atoms with Gasteiger partial charge in [0.1, 0.15) is 0 Å². The standard InChI is InChI=1S/C18H25N5O/c1-13-10-15(3)23(21-13)17-8-7-16(11-19-17)12-20-18(24)22-9-5-4-6-14(22)2/h7-8,10-11,14H,4-6,9,12H2,1-3H3,(H,20,24)/t14-/m1/s1. The van der Waals surface area contributed by atoms with Crippen molar-refractivity contribution in [1.29, 1.82) is 0 Å². The molecule has 0 aromatic carbocycles. The molecule has 6 heteroatoms. The average molecular weight is 327 g/mol. The van der Waals surface area contributed by atoms with Crippen LogP contribution in [0.1, 0.15) is 43.1 Å². The van der Waals surface area contributed by atoms with Crippen molar-refractivity contribution in [3.8, 4) is 5.82 Å². The Balaban J connectivity index is 1.60. The third-order valence-electron chi connectivity index (χ3n) is 4.54. The lowest BCUT2D eigenvalue weighted by Crippen LogP contribution is -2.47. The molecule has 0 bridgehead atoms. The number of hydrogen-bond acceptors (Lipinski definition) is 3. The van der Waals surface area contributed by atoms with Crippen LogP contribution in [0.5, 0.6) is 0 Å². The van der Waals surface area contributed by atoms with E-state index in [-0.39, 0.29) is 6.03 Å². The molecule has 128 valence electrons. The summed E-state index contributed by atoms with van der Waals surface area (Å²) in [6.45, 7) is 7.43. The van der Waals surface area contributed by atoms with Crippen LogP contribution in [0.2, 0.25) is 0 Å². The highest BCUT2D eigenvalue weighted by Gasteiger charge is 2.22. The molecule has 0 spiro atoms. The lowest BCUT2D eigenvalue weighted by molar-refractivity contribution is 0.158. The molecule has 3 rings (SSSR count). The van der Waals surface area contributed by atoms with E-state index in [0.717, 1.165) is 42.2 Å². The van der Waals surface area contributed by atoms with Gasteiger partial charge in [-0.2, -0.15) is 5.10 Å². The summed E-state index contributed by atoms with van der Waals surface area (Å²) < 4.78 is 1.83. The highest BCUT2D eigenvalue weighted by Crippen LogP contribution is 2.16. The molecule has 0 aliphatic carbocycles. The molecule has 2 aromatic heterocycles. The summed E-state index contributed by atoms with van der Waals surface area (Å²) in [5.74, 6) is 0.792. The Hall–Kier alpha value is -2.37. The molecule has 2 aromatic rings. The van der Waals surface area contributed by atoms with Gasteiger partial charge >= 0.3 is 6.03 Å². The Labute approximate surface area is 142 Å². The molecule has 1 fully saturated rings. The van der Waals surface area contributed by atoms with Gasteiger partial charge in [0.05, 0.1) is 5.69 Å². The molecule has 0 radical (unpaired) electrons. The topological polar surface area (TPSA) is 63.1 Å². The Bertz CT molecular complexity index is 707. The number of aryl methyl sites for hydroxylation is 2. The summed E-state index contributed by atoms with van der Waals surface area (Å²) >= 11 is 0. The van der Waals surface area contributed by atoms with Gasteiger partial charge in [-0.3, -0.25) is 0 Å². The molecule has 0 unspecified atom stereocenters. The molecular formula is C18H25N5O. The van der Waals surface area contributed by atoms with E-state index in [2.05, 4.69) is 22.3 Å². The lowest BCUT2D eigenvalue weighted by Gasteiger charge is -2.33. The molecule has 1 N–H and O–H groups in total. The number of carbonyl (C=O) groups is 1. The van der Waals surface area contributed by atoms with Crippen LogP contribution in [0.25, 0.3) is 5.82 Å². The molecule has 3 heterocycles. The number of nitrogens with zero attached hydrogens (tertiary/aromatic N) is 4. The van der Waals surface area contributed by atoms with Gasteiger partial charge in [0, 0.05) is 31.0 Å². The zero-order chi connectivity index (χ0) is 17.1. The van der Waals surface area contributed by atoms with Gasteiger partial charge < -0.3 is 10.2 Å². The highest BCUT2D eigenvalue weighted by atomic mass is 16.2. The minimum Gasteiger partial charge on any atom is -0.334 e. The van der Waals surface area contributed by atoms with Gasteiger partial charge in [0.2, 0.25) is 0 Å². The van der Waals surface area contributed by atoms with Crippen molar-refractivity contribution >= 4 is 6.03 Å². The number of urea groups is 1. The second-order valence-electron chi connectivity index (χ2n) is 6.56. The number of aromatic nitrogens is 3. The molecule has 1 aliphatic rings. The predicted octanol–water partition coefficient (Wildman–Crippen LogP) is 2.97. The van der Waals surface area contributed by atoms with E-state index >= 15 is 0 Å². The van der Waals surface area contributed by atoms with E-state index in [9.17, 15) is 4.79 Å². The summed E-state index contributed by atoms with van der Waals surface area (Å²) in [6, 6.07) is 6.29. The molecule has 2 amide bonds. The first-order chi connectivity index (χ1) is 11.5. The van der Waals surface area contributed by atoms with Crippen LogP contribution in [0.4, 0.5) is 4.79 Å². The highest BCUT2D eigenvalue weighted by molar-refractivity contribution is 5.74. The summed E-state index contributed by atoms with van der Waals surface area (Å²) in [7, 11) is 0. The zero-order valence-corrected chi connectivity index (χ0v) is 14.6. The van der Waals surface area contributed by atoms with E-state index in [4.69, 9.17) is 0 Å². The Morgan fingerprint density at radius 3 is 2.79 bits per heavy atom. The molecular weight excluding hydrogens is 302 g/mol. The maximum atomic E-state index is 12.3. The number of piperidine rings is 1. The van der Waals surface area contributed by atoms with Crippen LogP contribution < -0.4 is 5.32 Å². The van der Waals surface area contributed by atoms with Gasteiger partial charge in [-0.1, -0.05) is 6.07 Å². The van der Waals surface area contributed by atoms with E-state index in [1.165, 1.54) is 6.42 Å². The first kappa shape index (κ1) is 16.5. The molecule has 24 heavy (non-hydrogen) atoms. The fourth-order valence-corrected chi connectivity index (χ4v) is 3.19. The van der Waals surface area contributed by atoms with Gasteiger partial charge in [0.25, 0.3) is 0 Å². The maximum Gasteiger partial charge on any atom is 0.317 e. The first-order valence-electron chi connectivity index (χ1n) is 8.57. The number of rotatable bonds is 3. The smallest absolute Gasteiger partial charge is 0.317 e. The van der Waals surface area contributed by atoms with Gasteiger partial charge in [-0.25, -0.2) is 14.5 Å². The van der Waals surface area contributed by atoms with E-state index in [1.807, 2.05) is 41.6 Å². The SMILES string of the molecule is Cc1cc(C)n(-c2ccc(CNC(=O)N3CCCC[C@H]3C)cn2)n1. The van der Waals surface area contributed by atoms with E-state index < -0.39 is 0 Å². The van der Waals surface area contributed by atoms with Crippen molar-refractivity contribution in [3.05, 3.63) is 41.3 Å². The second kappa shape index (κ2) is 7.03. The third-order valence-corrected chi connectivity index (χ3v) is 4.54. The normalized spacial score (nSPS) is 17.8. The summed E-state index contributed by atoms with van der Waals surface area (Å²) in [6.07, 6.45) is 5.19. The third kappa shape index (κ3) is 3.58. The van der Waals surface area contributed by atoms with Gasteiger partial charge in [-0.15, -0.1) is 0 Å². The van der Waals surface area contributed by atoms with Crippen molar-refractivity contribution in [2.45, 2.75) is 52.6 Å². The number of nitrogens with one attached hydrogen (secondary N) is 1. The molecule has 1 saturated heterocycles. The number of amides is 2. The fourth-order valence-electron chi connectivity index (χ4n) is 3.19. The summed E-state index contributed by atoms with van der Waals surface area (Å²) in [5, 5.41) is 7.43. The van der Waals surface area contributed by atoms with Crippen LogP contribution in [-0.2, 0) is 6.54 Å². The van der Waals surface area contributed by atoms with Crippen molar-refractivity contribution in [3.63, 3.8) is 0 Å². The monoisotopic (exact) mass is 327 g/mol. The molecule has 1 atom stereocenters. The minimum absolute atomic E-state index is 0.0184. The van der Waals surface area contributed by atoms with Crippen LogP contribution >= 0.6 is 0 Å². The first-order valence-corrected chi connectivity index (χ1v) is 8.57. The maximum absolute atomic E-state index is 12.3. The lowest BCUT2D eigenvalue weighted by atomic mass is 10.0. The Morgan fingerprint density at radius 1 is 1.33 bits per heavy atom. The van der Waals surface area contributed by atoms with Gasteiger partial charge in [-0.05, 0) is 57.7 Å². The van der Waals surface area contributed by atoms with Crippen molar-refractivity contribution < 1.29 is 4.79 Å². The quantitative estimate of drug-likeness (QED) is 0.942. The fraction of sp³-hybridized carbons (Fsp3) is 0.500. The minimum atomic E-state index is 0.0184. The van der Waals surface area contributed by atoms with Crippen LogP contribution in [0.15, 0.2) is 24.4 Å². The van der Waals surface area contributed by atoms with Crippen LogP contribution in [0, 0.1) is 13.8 Å². The number of likely N-dealkylation sites (tertiary alicyclic amines) is 1. The molecule has 1 aliphatic heterocycles. The number of carbonyl (C=O) groups excluding carboxylic acids is 1. The van der Waals surface area contributed by atoms with Crippen molar-refractivity contribution in [2.24, 2.45) is 0 Å². The molecule has 0 saturated carbocycles. The summed E-state index contributed by atoms with van der Waals surface area (Å²) in [5.41, 5.74) is 3.01. The summed E-state index contributed by atoms with van der Waals surface area (Å²) in [4.78, 5) is 18.7. The second-order valence-corrected chi connectivity index (χ2v) is 6.56. The van der Waals surface area contributed by atoms with Crippen LogP contribution in [-0.4, -0.2) is 38.3 Å². The molecule has 6 nitrogen and oxygen atoms in total. The Morgan fingerprint density at radius 2 is 2.17 bits per heavy atom. The average Bonchev–Trinajstić information content (AvgIpc) is 2.92. The predicted molar refractivity (Wildman–Crippen MR) is 93.1 cm³/mol. The van der Waals surface area contributed by atoms with E-state index in [1.54, 1.807) is 6.20 Å². The number of hydrogen-bond donors (Lipinski definition) is 1. The van der Waals surface area contributed by atoms with Crippen molar-refractivity contribution in [2.75, 3.05) is 6.54 Å². The van der Waals surface area contributed by atoms with Crippen molar-refractivity contribution in [1.82, 2.24) is 25.0 Å². The Kier molecular flexibility index (Phi) is 4.83. The number of pyridine rings is 1. The zero-order valence-electron chi connectivity index (χ0n) is 14.6. The van der Waals surface area contributed by atoms with Crippen LogP contribution in [0.3, 0.4) is 0 Å². The largest absolute Gasteiger partial charge is 0.334 e.